The lowest BCUT2D eigenvalue weighted by molar-refractivity contribution is -0.255. The van der Waals surface area contributed by atoms with Crippen molar-refractivity contribution in [3.63, 3.8) is 0 Å². The second-order valence-electron chi connectivity index (χ2n) is 10.1. The summed E-state index contributed by atoms with van der Waals surface area (Å²) in [6, 6.07) is 11.1. The van der Waals surface area contributed by atoms with Crippen molar-refractivity contribution in [2.24, 2.45) is 0 Å². The number of aromatic amines is 1. The number of aliphatic hydroxyl groups excluding tert-OH is 3. The average molecular weight is 673 g/mol. The maximum Gasteiger partial charge on any atom is 0.262 e. The van der Waals surface area contributed by atoms with Gasteiger partial charge in [-0.05, 0) is 44.0 Å². The zero-order valence-electron chi connectivity index (χ0n) is 21.2. The molecule has 0 bridgehead atoms. The van der Waals surface area contributed by atoms with E-state index in [1.54, 1.807) is 4.57 Å². The Kier molecular flexibility index (Phi) is 5.92. The summed E-state index contributed by atoms with van der Waals surface area (Å²) in [7, 11) is 2.83. The van der Waals surface area contributed by atoms with Gasteiger partial charge in [-0.3, -0.25) is 14.5 Å². The lowest BCUT2D eigenvalue weighted by atomic mass is 9.96. The maximum atomic E-state index is 13.7. The van der Waals surface area contributed by atoms with Crippen LogP contribution in [0.1, 0.15) is 26.9 Å². The Morgan fingerprint density at radius 1 is 0.925 bits per heavy atom. The number of nitrogens with zero attached hydrogens (tertiary/aromatic N) is 2. The lowest BCUT2D eigenvalue weighted by Gasteiger charge is -2.42. The number of amides is 2. The van der Waals surface area contributed by atoms with Crippen molar-refractivity contribution in [2.75, 3.05) is 20.8 Å². The molecule has 4 N–H and O–H groups in total. The summed E-state index contributed by atoms with van der Waals surface area (Å²) in [5.41, 5.74) is 2.96. The number of benzene rings is 3. The van der Waals surface area contributed by atoms with Crippen LogP contribution >= 0.6 is 31.9 Å². The minimum atomic E-state index is -1.46. The molecular weight excluding hydrogens is 650 g/mol. The fraction of sp³-hybridized carbons (Fsp3) is 0.286. The van der Waals surface area contributed by atoms with Crippen LogP contribution in [0.25, 0.3) is 43.6 Å². The fourth-order valence-electron chi connectivity index (χ4n) is 6.37. The Hall–Kier alpha value is -2.84. The van der Waals surface area contributed by atoms with Gasteiger partial charge in [-0.15, -0.1) is 0 Å². The number of fused-ring (bicyclic) bond motifs is 10. The van der Waals surface area contributed by atoms with Gasteiger partial charge in [0.1, 0.15) is 24.4 Å². The molecule has 5 atom stereocenters. The molecule has 2 amide bonds. The number of hydrogen-bond acceptors (Lipinski definition) is 7. The summed E-state index contributed by atoms with van der Waals surface area (Å²) >= 11 is 7.24. The van der Waals surface area contributed by atoms with Gasteiger partial charge in [-0.25, -0.2) is 0 Å². The third-order valence-electron chi connectivity index (χ3n) is 8.15. The summed E-state index contributed by atoms with van der Waals surface area (Å²) in [5, 5.41) is 35.0. The summed E-state index contributed by atoms with van der Waals surface area (Å²) in [6.45, 7) is -0.459. The standard InChI is InChI=1S/C28H23Br2N3O7/c1-32-26(37)17-15-10-5-3-7-12(29)19(10)31-20(15)22-16(18(17)27(32)38)11-6-4-8-13(30)21(11)33(22)28-24(36)23(35)25(39-2)14(9-34)40-28/h3-8,14,23-25,28,31,34-36H,9H2,1-2H3/t14-,23-,24-,25-,28-/m1/s1. The quantitative estimate of drug-likeness (QED) is 0.214. The lowest BCUT2D eigenvalue weighted by Crippen LogP contribution is -2.57. The minimum Gasteiger partial charge on any atom is -0.394 e. The summed E-state index contributed by atoms with van der Waals surface area (Å²) in [4.78, 5) is 31.8. The van der Waals surface area contributed by atoms with Gasteiger partial charge in [-0.1, -0.05) is 24.3 Å². The molecule has 40 heavy (non-hydrogen) atoms. The molecule has 0 radical (unpaired) electrons. The first kappa shape index (κ1) is 26.1. The second kappa shape index (κ2) is 9.08. The molecule has 12 heteroatoms. The van der Waals surface area contributed by atoms with Crippen molar-refractivity contribution in [3.05, 3.63) is 56.5 Å². The smallest absolute Gasteiger partial charge is 0.262 e. The molecule has 2 aliphatic heterocycles. The number of para-hydroxylation sites is 2. The van der Waals surface area contributed by atoms with Crippen LogP contribution in [0, 0.1) is 0 Å². The number of imide groups is 1. The second-order valence-corrected chi connectivity index (χ2v) is 11.8. The van der Waals surface area contributed by atoms with E-state index in [9.17, 15) is 24.9 Å². The van der Waals surface area contributed by atoms with E-state index in [1.807, 2.05) is 36.4 Å². The van der Waals surface area contributed by atoms with Crippen LogP contribution in [0.4, 0.5) is 0 Å². The Morgan fingerprint density at radius 3 is 2.25 bits per heavy atom. The Labute approximate surface area is 243 Å². The number of H-pyrrole nitrogens is 1. The molecule has 1 saturated heterocycles. The highest BCUT2D eigenvalue weighted by molar-refractivity contribution is 9.11. The van der Waals surface area contributed by atoms with Gasteiger partial charge in [0.15, 0.2) is 6.23 Å². The molecule has 4 heterocycles. The summed E-state index contributed by atoms with van der Waals surface area (Å²) in [5.74, 6) is -0.843. The number of aromatic nitrogens is 2. The van der Waals surface area contributed by atoms with Gasteiger partial charge < -0.3 is 34.3 Å². The number of carbonyl (C=O) groups is 2. The molecule has 0 spiro atoms. The van der Waals surface area contributed by atoms with E-state index < -0.39 is 49.1 Å². The molecule has 10 nitrogen and oxygen atoms in total. The van der Waals surface area contributed by atoms with Crippen molar-refractivity contribution in [3.8, 4) is 0 Å². The topological polar surface area (TPSA) is 137 Å². The van der Waals surface area contributed by atoms with E-state index in [-0.39, 0.29) is 5.56 Å². The molecule has 1 fully saturated rings. The van der Waals surface area contributed by atoms with Crippen LogP contribution in [-0.4, -0.2) is 86.8 Å². The van der Waals surface area contributed by atoms with E-state index in [0.29, 0.717) is 42.7 Å². The van der Waals surface area contributed by atoms with Crippen molar-refractivity contribution in [1.82, 2.24) is 14.5 Å². The molecule has 7 rings (SSSR count). The predicted octanol–water partition coefficient (Wildman–Crippen LogP) is 3.81. The first-order valence-electron chi connectivity index (χ1n) is 12.6. The minimum absolute atomic E-state index is 0.261. The van der Waals surface area contributed by atoms with Crippen LogP contribution in [0.3, 0.4) is 0 Å². The molecule has 206 valence electrons. The van der Waals surface area contributed by atoms with Crippen LogP contribution < -0.4 is 0 Å². The largest absolute Gasteiger partial charge is 0.394 e. The zero-order valence-corrected chi connectivity index (χ0v) is 24.4. The van der Waals surface area contributed by atoms with Crippen LogP contribution in [0.5, 0.6) is 0 Å². The number of hydrogen-bond donors (Lipinski definition) is 4. The third kappa shape index (κ3) is 3.20. The Bertz CT molecular complexity index is 1910. The van der Waals surface area contributed by atoms with Crippen molar-refractivity contribution >= 4 is 87.3 Å². The molecule has 0 aliphatic carbocycles. The van der Waals surface area contributed by atoms with E-state index >= 15 is 0 Å². The summed E-state index contributed by atoms with van der Waals surface area (Å²) < 4.78 is 14.7. The van der Waals surface area contributed by atoms with E-state index in [0.717, 1.165) is 20.3 Å². The number of halogens is 2. The monoisotopic (exact) mass is 671 g/mol. The van der Waals surface area contributed by atoms with Gasteiger partial charge in [0.25, 0.3) is 11.8 Å². The molecule has 5 aromatic rings. The average Bonchev–Trinajstić information content (AvgIpc) is 3.56. The molecule has 2 aliphatic rings. The van der Waals surface area contributed by atoms with Crippen LogP contribution in [0.2, 0.25) is 0 Å². The highest BCUT2D eigenvalue weighted by Crippen LogP contribution is 2.48. The first-order chi connectivity index (χ1) is 19.2. The fourth-order valence-corrected chi connectivity index (χ4v) is 7.39. The number of ether oxygens (including phenoxy) is 2. The van der Waals surface area contributed by atoms with E-state index in [1.165, 1.54) is 14.2 Å². The normalized spacial score (nSPS) is 25.3. The molecule has 2 aromatic heterocycles. The maximum absolute atomic E-state index is 13.7. The van der Waals surface area contributed by atoms with Crippen LogP contribution in [0.15, 0.2) is 45.3 Å². The highest BCUT2D eigenvalue weighted by Gasteiger charge is 2.47. The van der Waals surface area contributed by atoms with Gasteiger partial charge >= 0.3 is 0 Å². The van der Waals surface area contributed by atoms with Gasteiger partial charge in [-0.2, -0.15) is 0 Å². The third-order valence-corrected chi connectivity index (χ3v) is 9.45. The first-order valence-corrected chi connectivity index (χ1v) is 14.1. The number of nitrogens with one attached hydrogen (secondary N) is 1. The van der Waals surface area contributed by atoms with Gasteiger partial charge in [0.05, 0.1) is 39.8 Å². The molecular formula is C28H23Br2N3O7. The molecule has 0 unspecified atom stereocenters. The zero-order chi connectivity index (χ0) is 28.2. The Balaban J connectivity index is 1.72. The Morgan fingerprint density at radius 2 is 1.57 bits per heavy atom. The van der Waals surface area contributed by atoms with E-state index in [2.05, 4.69) is 36.8 Å². The van der Waals surface area contributed by atoms with Crippen molar-refractivity contribution < 1.29 is 34.4 Å². The van der Waals surface area contributed by atoms with Crippen molar-refractivity contribution in [2.45, 2.75) is 30.6 Å². The number of rotatable bonds is 3. The van der Waals surface area contributed by atoms with E-state index in [4.69, 9.17) is 9.47 Å². The highest BCUT2D eigenvalue weighted by atomic mass is 79.9. The molecule has 3 aromatic carbocycles. The predicted molar refractivity (Wildman–Crippen MR) is 154 cm³/mol. The van der Waals surface area contributed by atoms with Gasteiger partial charge in [0, 0.05) is 44.6 Å². The molecule has 0 saturated carbocycles. The SMILES string of the molecule is CO[C@H]1[C@H](O)[C@@H](O)[C@H](n2c3c(Br)cccc3c3c4c(c5c6cccc(Br)c6[nH]c5c32)C(=O)N(C)C4=O)O[C@@H]1CO. The number of methoxy groups -OCH3 is 1. The van der Waals surface area contributed by atoms with Gasteiger partial charge in [0.2, 0.25) is 0 Å². The number of aliphatic hydroxyl groups is 3. The van der Waals surface area contributed by atoms with Crippen LogP contribution in [-0.2, 0) is 9.47 Å². The summed E-state index contributed by atoms with van der Waals surface area (Å²) in [6.07, 6.45) is -5.93. The number of carbonyl (C=O) groups excluding carboxylic acids is 2. The van der Waals surface area contributed by atoms with Crippen molar-refractivity contribution in [1.29, 1.82) is 0 Å².